The van der Waals surface area contributed by atoms with Gasteiger partial charge in [-0.25, -0.2) is 0 Å². The van der Waals surface area contributed by atoms with E-state index in [0.29, 0.717) is 12.0 Å². The highest BCUT2D eigenvalue weighted by Gasteiger charge is 2.44. The predicted molar refractivity (Wildman–Crippen MR) is 114 cm³/mol. The first-order valence-electron chi connectivity index (χ1n) is 9.95. The van der Waals surface area contributed by atoms with Gasteiger partial charge in [0.25, 0.3) is 0 Å². The molecule has 0 saturated heterocycles. The molecule has 0 aromatic heterocycles. The Morgan fingerprint density at radius 1 is 1.10 bits per heavy atom. The molecule has 2 N–H and O–H groups in total. The van der Waals surface area contributed by atoms with Gasteiger partial charge in [-0.2, -0.15) is 0 Å². The van der Waals surface area contributed by atoms with Gasteiger partial charge in [-0.1, -0.05) is 42.8 Å². The number of allylic oxidation sites excluding steroid dienone is 1. The molecular formula is C24H26N2O3. The summed E-state index contributed by atoms with van der Waals surface area (Å²) in [6, 6.07) is 13.9. The molecule has 0 radical (unpaired) electrons. The van der Waals surface area contributed by atoms with E-state index in [4.69, 9.17) is 4.74 Å². The van der Waals surface area contributed by atoms with Crippen LogP contribution in [0.1, 0.15) is 36.1 Å². The van der Waals surface area contributed by atoms with Gasteiger partial charge in [-0.05, 0) is 49.4 Å². The first-order chi connectivity index (χ1) is 13.9. The molecule has 150 valence electrons. The van der Waals surface area contributed by atoms with Gasteiger partial charge in [0.15, 0.2) is 5.78 Å². The van der Waals surface area contributed by atoms with Gasteiger partial charge in [-0.15, -0.1) is 0 Å². The number of hydrogen-bond donors (Lipinski definition) is 2. The van der Waals surface area contributed by atoms with Gasteiger partial charge in [0.1, 0.15) is 5.92 Å². The second-order valence-electron chi connectivity index (χ2n) is 8.05. The number of methoxy groups -OCH3 is 1. The summed E-state index contributed by atoms with van der Waals surface area (Å²) in [6.45, 7) is 6.03. The summed E-state index contributed by atoms with van der Waals surface area (Å²) in [5, 5.41) is 7.05. The SMILES string of the molecule is COC(=O)[C@@H]1C(=O)C2=C(C[C@H]1C)Nc1ccccc1N[C@H]2c1cc(C)ccc1C. The van der Waals surface area contributed by atoms with E-state index < -0.39 is 11.9 Å². The monoisotopic (exact) mass is 390 g/mol. The summed E-state index contributed by atoms with van der Waals surface area (Å²) >= 11 is 0. The summed E-state index contributed by atoms with van der Waals surface area (Å²) in [7, 11) is 1.34. The molecule has 2 aromatic carbocycles. The van der Waals surface area contributed by atoms with Crippen molar-refractivity contribution in [2.45, 2.75) is 33.2 Å². The fourth-order valence-electron chi connectivity index (χ4n) is 4.44. The number of benzene rings is 2. The number of para-hydroxylation sites is 2. The van der Waals surface area contributed by atoms with Crippen LogP contribution in [0.4, 0.5) is 11.4 Å². The van der Waals surface area contributed by atoms with Crippen molar-refractivity contribution in [3.8, 4) is 0 Å². The van der Waals surface area contributed by atoms with Crippen molar-refractivity contribution in [1.82, 2.24) is 0 Å². The van der Waals surface area contributed by atoms with E-state index >= 15 is 0 Å². The third-order valence-corrected chi connectivity index (χ3v) is 5.97. The Morgan fingerprint density at radius 3 is 2.55 bits per heavy atom. The number of ketones is 1. The van der Waals surface area contributed by atoms with Gasteiger partial charge in [0.2, 0.25) is 0 Å². The molecule has 1 aliphatic heterocycles. The van der Waals surface area contributed by atoms with Crippen molar-refractivity contribution in [3.63, 3.8) is 0 Å². The zero-order valence-electron chi connectivity index (χ0n) is 17.2. The summed E-state index contributed by atoms with van der Waals surface area (Å²) in [6.07, 6.45) is 0.609. The summed E-state index contributed by atoms with van der Waals surface area (Å²) in [4.78, 5) is 26.0. The van der Waals surface area contributed by atoms with Crippen LogP contribution in [0.15, 0.2) is 53.7 Å². The van der Waals surface area contributed by atoms with Gasteiger partial charge in [-0.3, -0.25) is 9.59 Å². The molecule has 0 amide bonds. The van der Waals surface area contributed by atoms with Crippen molar-refractivity contribution < 1.29 is 14.3 Å². The van der Waals surface area contributed by atoms with Crippen molar-refractivity contribution in [2.24, 2.45) is 11.8 Å². The highest BCUT2D eigenvalue weighted by molar-refractivity contribution is 6.11. The Kier molecular flexibility index (Phi) is 4.91. The smallest absolute Gasteiger partial charge is 0.316 e. The summed E-state index contributed by atoms with van der Waals surface area (Å²) in [5.74, 6) is -1.54. The number of carbonyl (C=O) groups is 2. The molecule has 5 heteroatoms. The number of carbonyl (C=O) groups excluding carboxylic acids is 2. The van der Waals surface area contributed by atoms with Gasteiger partial charge in [0, 0.05) is 11.3 Å². The molecule has 1 aliphatic carbocycles. The largest absolute Gasteiger partial charge is 0.468 e. The van der Waals surface area contributed by atoms with Crippen molar-refractivity contribution in [1.29, 1.82) is 0 Å². The average Bonchev–Trinajstić information content (AvgIpc) is 2.86. The quantitative estimate of drug-likeness (QED) is 0.582. The van der Waals surface area contributed by atoms with E-state index in [1.165, 1.54) is 7.11 Å². The Morgan fingerprint density at radius 2 is 1.83 bits per heavy atom. The minimum absolute atomic E-state index is 0.134. The number of fused-ring (bicyclic) bond motifs is 1. The van der Waals surface area contributed by atoms with E-state index in [1.54, 1.807) is 0 Å². The first-order valence-corrected chi connectivity index (χ1v) is 9.95. The number of ether oxygens (including phenoxy) is 1. The summed E-state index contributed by atoms with van der Waals surface area (Å²) in [5.41, 5.74) is 6.64. The van der Waals surface area contributed by atoms with Gasteiger partial charge >= 0.3 is 5.97 Å². The van der Waals surface area contributed by atoms with Crippen LogP contribution >= 0.6 is 0 Å². The molecule has 2 aliphatic rings. The summed E-state index contributed by atoms with van der Waals surface area (Å²) < 4.78 is 4.96. The zero-order chi connectivity index (χ0) is 20.7. The lowest BCUT2D eigenvalue weighted by Crippen LogP contribution is -2.39. The normalized spacial score (nSPS) is 23.3. The maximum Gasteiger partial charge on any atom is 0.316 e. The van der Waals surface area contributed by atoms with Crippen LogP contribution in [-0.4, -0.2) is 18.9 Å². The number of aryl methyl sites for hydroxylation is 2. The van der Waals surface area contributed by atoms with Crippen LogP contribution in [0.25, 0.3) is 0 Å². The highest BCUT2D eigenvalue weighted by atomic mass is 16.5. The Hall–Kier alpha value is -3.08. The molecule has 1 heterocycles. The fourth-order valence-corrected chi connectivity index (χ4v) is 4.44. The van der Waals surface area contributed by atoms with Crippen LogP contribution in [0.3, 0.4) is 0 Å². The molecule has 0 spiro atoms. The van der Waals surface area contributed by atoms with Crippen LogP contribution in [0.2, 0.25) is 0 Å². The number of Topliss-reactive ketones (excluding diaryl/α,β-unsaturated/α-hetero) is 1. The fraction of sp³-hybridized carbons (Fsp3) is 0.333. The molecule has 0 bridgehead atoms. The molecule has 4 rings (SSSR count). The topological polar surface area (TPSA) is 67.4 Å². The minimum atomic E-state index is -0.781. The van der Waals surface area contributed by atoms with E-state index in [9.17, 15) is 9.59 Å². The Balaban J connectivity index is 1.91. The molecule has 0 saturated carbocycles. The Labute approximate surface area is 171 Å². The lowest BCUT2D eigenvalue weighted by Gasteiger charge is -2.33. The number of nitrogens with one attached hydrogen (secondary N) is 2. The first kappa shape index (κ1) is 19.2. The highest BCUT2D eigenvalue weighted by Crippen LogP contribution is 2.44. The van der Waals surface area contributed by atoms with E-state index in [0.717, 1.165) is 33.8 Å². The molecular weight excluding hydrogens is 364 g/mol. The number of anilines is 2. The standard InChI is InChI=1S/C24H26N2O3/c1-13-9-10-14(2)16(11-13)22-21-19(25-17-7-5-6-8-18(17)26-22)12-15(3)20(23(21)27)24(28)29-4/h5-11,15,20,22,25-26H,12H2,1-4H3/t15-,20+,22+/m1/s1. The van der Waals surface area contributed by atoms with Crippen LogP contribution < -0.4 is 10.6 Å². The number of esters is 1. The molecule has 5 nitrogen and oxygen atoms in total. The van der Waals surface area contributed by atoms with Crippen molar-refractivity contribution >= 4 is 23.1 Å². The van der Waals surface area contributed by atoms with Gasteiger partial charge in [0.05, 0.1) is 24.5 Å². The third-order valence-electron chi connectivity index (χ3n) is 5.97. The number of rotatable bonds is 2. The maximum absolute atomic E-state index is 13.6. The van der Waals surface area contributed by atoms with Crippen LogP contribution in [-0.2, 0) is 14.3 Å². The average molecular weight is 390 g/mol. The van der Waals surface area contributed by atoms with Crippen LogP contribution in [0.5, 0.6) is 0 Å². The molecule has 2 aromatic rings. The molecule has 0 unspecified atom stereocenters. The second kappa shape index (κ2) is 7.39. The van der Waals surface area contributed by atoms with E-state index in [1.807, 2.05) is 38.1 Å². The van der Waals surface area contributed by atoms with E-state index in [-0.39, 0.29) is 17.7 Å². The van der Waals surface area contributed by atoms with Gasteiger partial charge < -0.3 is 15.4 Å². The third kappa shape index (κ3) is 3.31. The number of hydrogen-bond acceptors (Lipinski definition) is 5. The predicted octanol–water partition coefficient (Wildman–Crippen LogP) is 4.53. The van der Waals surface area contributed by atoms with E-state index in [2.05, 4.69) is 35.8 Å². The molecule has 3 atom stereocenters. The molecule has 0 fully saturated rings. The Bertz CT molecular complexity index is 1020. The lowest BCUT2D eigenvalue weighted by atomic mass is 9.74. The van der Waals surface area contributed by atoms with Crippen molar-refractivity contribution in [2.75, 3.05) is 17.7 Å². The molecule has 29 heavy (non-hydrogen) atoms. The zero-order valence-corrected chi connectivity index (χ0v) is 17.2. The van der Waals surface area contributed by atoms with Crippen LogP contribution in [0, 0.1) is 25.7 Å². The minimum Gasteiger partial charge on any atom is -0.468 e. The maximum atomic E-state index is 13.6. The lowest BCUT2D eigenvalue weighted by molar-refractivity contribution is -0.151. The second-order valence-corrected chi connectivity index (χ2v) is 8.05. The van der Waals surface area contributed by atoms with Crippen molar-refractivity contribution in [3.05, 3.63) is 70.4 Å².